The molecule has 27 heavy (non-hydrogen) atoms. The molecule has 6 heteroatoms. The highest BCUT2D eigenvalue weighted by atomic mass is 16.5. The zero-order chi connectivity index (χ0) is 19.9. The van der Waals surface area contributed by atoms with Crippen LogP contribution in [0.3, 0.4) is 0 Å². The lowest BCUT2D eigenvalue weighted by Gasteiger charge is -2.19. The van der Waals surface area contributed by atoms with Gasteiger partial charge < -0.3 is 20.5 Å². The molecule has 0 spiro atoms. The fourth-order valence-electron chi connectivity index (χ4n) is 2.37. The molecule has 144 valence electrons. The van der Waals surface area contributed by atoms with Crippen LogP contribution in [0.4, 0.5) is 0 Å². The van der Waals surface area contributed by atoms with E-state index in [4.69, 9.17) is 15.2 Å². The molecule has 2 aromatic rings. The minimum absolute atomic E-state index is 0.0994. The molecule has 2 amide bonds. The number of hydrogen-bond acceptors (Lipinski definition) is 4. The van der Waals surface area contributed by atoms with Crippen LogP contribution in [0.25, 0.3) is 0 Å². The maximum Gasteiger partial charge on any atom is 0.255 e. The third-order valence-electron chi connectivity index (χ3n) is 3.85. The molecule has 0 radical (unpaired) electrons. The summed E-state index contributed by atoms with van der Waals surface area (Å²) in [4.78, 5) is 22.9. The molecule has 6 nitrogen and oxygen atoms in total. The molecular weight excluding hydrogens is 344 g/mol. The fraction of sp³-hybridized carbons (Fsp3) is 0.333. The van der Waals surface area contributed by atoms with E-state index in [1.807, 2.05) is 24.3 Å². The van der Waals surface area contributed by atoms with Gasteiger partial charge in [-0.15, -0.1) is 0 Å². The number of rotatable bonds is 8. The first-order chi connectivity index (χ1) is 12.8. The van der Waals surface area contributed by atoms with E-state index in [1.165, 1.54) is 5.56 Å². The first kappa shape index (κ1) is 20.3. The van der Waals surface area contributed by atoms with Crippen molar-refractivity contribution in [3.63, 3.8) is 0 Å². The van der Waals surface area contributed by atoms with Gasteiger partial charge in [0.1, 0.15) is 18.1 Å². The predicted octanol–water partition coefficient (Wildman–Crippen LogP) is 2.66. The van der Waals surface area contributed by atoms with Crippen molar-refractivity contribution in [3.8, 4) is 11.5 Å². The average molecular weight is 370 g/mol. The normalized spacial score (nSPS) is 10.9. The van der Waals surface area contributed by atoms with Crippen LogP contribution < -0.4 is 20.5 Å². The van der Waals surface area contributed by atoms with Crippen LogP contribution in [-0.2, 0) is 10.2 Å². The molecule has 0 heterocycles. The Kier molecular flexibility index (Phi) is 6.82. The molecule has 0 aliphatic carbocycles. The van der Waals surface area contributed by atoms with Crippen LogP contribution >= 0.6 is 0 Å². The van der Waals surface area contributed by atoms with Crippen molar-refractivity contribution < 1.29 is 19.1 Å². The van der Waals surface area contributed by atoms with E-state index < -0.39 is 5.91 Å². The SMILES string of the molecule is CC(C)(C)c1ccc(OCCNC(=O)c2cccc(OCC(N)=O)c2)cc1. The highest BCUT2D eigenvalue weighted by molar-refractivity contribution is 5.94. The molecule has 0 saturated carbocycles. The molecule has 3 N–H and O–H groups in total. The van der Waals surface area contributed by atoms with Crippen molar-refractivity contribution in [2.45, 2.75) is 26.2 Å². The lowest BCUT2D eigenvalue weighted by molar-refractivity contribution is -0.119. The van der Waals surface area contributed by atoms with Crippen LogP contribution in [0, 0.1) is 0 Å². The molecule has 2 aromatic carbocycles. The number of amides is 2. The van der Waals surface area contributed by atoms with Crippen molar-refractivity contribution in [2.75, 3.05) is 19.8 Å². The second-order valence-electron chi connectivity index (χ2n) is 7.16. The van der Waals surface area contributed by atoms with Gasteiger partial charge in [0.2, 0.25) is 0 Å². The van der Waals surface area contributed by atoms with Gasteiger partial charge in [-0.1, -0.05) is 39.0 Å². The van der Waals surface area contributed by atoms with Gasteiger partial charge >= 0.3 is 0 Å². The minimum Gasteiger partial charge on any atom is -0.492 e. The van der Waals surface area contributed by atoms with Gasteiger partial charge in [0.15, 0.2) is 6.61 Å². The molecular formula is C21H26N2O4. The van der Waals surface area contributed by atoms with Gasteiger partial charge in [-0.2, -0.15) is 0 Å². The second kappa shape index (κ2) is 9.07. The standard InChI is InChI=1S/C21H26N2O4/c1-21(2,3)16-7-9-17(10-8-16)26-12-11-23-20(25)15-5-4-6-18(13-15)27-14-19(22)24/h4-10,13H,11-12,14H2,1-3H3,(H2,22,24)(H,23,25). The molecule has 0 aliphatic rings. The number of carbonyl (C=O) groups is 2. The lowest BCUT2D eigenvalue weighted by atomic mass is 9.87. The largest absolute Gasteiger partial charge is 0.492 e. The van der Waals surface area contributed by atoms with Crippen LogP contribution in [0.5, 0.6) is 11.5 Å². The third kappa shape index (κ3) is 6.66. The van der Waals surface area contributed by atoms with Gasteiger partial charge in [0, 0.05) is 5.56 Å². The zero-order valence-electron chi connectivity index (χ0n) is 16.0. The van der Waals surface area contributed by atoms with E-state index >= 15 is 0 Å². The highest BCUT2D eigenvalue weighted by Crippen LogP contribution is 2.24. The maximum absolute atomic E-state index is 12.2. The Balaban J connectivity index is 1.79. The number of primary amides is 1. The number of nitrogens with one attached hydrogen (secondary N) is 1. The Morgan fingerprint density at radius 1 is 1.00 bits per heavy atom. The molecule has 0 bridgehead atoms. The number of carbonyl (C=O) groups excluding carboxylic acids is 2. The quantitative estimate of drug-likeness (QED) is 0.699. The first-order valence-corrected chi connectivity index (χ1v) is 8.78. The number of hydrogen-bond donors (Lipinski definition) is 2. The Morgan fingerprint density at radius 3 is 2.33 bits per heavy atom. The summed E-state index contributed by atoms with van der Waals surface area (Å²) >= 11 is 0. The second-order valence-corrected chi connectivity index (χ2v) is 7.16. The van der Waals surface area contributed by atoms with Crippen molar-refractivity contribution in [2.24, 2.45) is 5.73 Å². The molecule has 0 fully saturated rings. The first-order valence-electron chi connectivity index (χ1n) is 8.78. The van der Waals surface area contributed by atoms with Crippen molar-refractivity contribution >= 4 is 11.8 Å². The molecule has 0 aliphatic heterocycles. The van der Waals surface area contributed by atoms with Crippen LogP contribution in [0.2, 0.25) is 0 Å². The van der Waals surface area contributed by atoms with Crippen LogP contribution in [-0.4, -0.2) is 31.6 Å². The number of benzene rings is 2. The van der Waals surface area contributed by atoms with E-state index in [-0.39, 0.29) is 17.9 Å². The van der Waals surface area contributed by atoms with Gasteiger partial charge in [-0.3, -0.25) is 9.59 Å². The summed E-state index contributed by atoms with van der Waals surface area (Å²) in [5.74, 6) is 0.361. The monoisotopic (exact) mass is 370 g/mol. The summed E-state index contributed by atoms with van der Waals surface area (Å²) < 4.78 is 10.9. The lowest BCUT2D eigenvalue weighted by Crippen LogP contribution is -2.28. The molecule has 0 saturated heterocycles. The van der Waals surface area contributed by atoms with Crippen molar-refractivity contribution in [1.29, 1.82) is 0 Å². The van der Waals surface area contributed by atoms with Crippen molar-refractivity contribution in [1.82, 2.24) is 5.32 Å². The van der Waals surface area contributed by atoms with Gasteiger partial charge in [-0.05, 0) is 41.3 Å². The van der Waals surface area contributed by atoms with Gasteiger partial charge in [-0.25, -0.2) is 0 Å². The van der Waals surface area contributed by atoms with Crippen LogP contribution in [0.15, 0.2) is 48.5 Å². The minimum atomic E-state index is -0.572. The number of ether oxygens (including phenoxy) is 2. The summed E-state index contributed by atoms with van der Waals surface area (Å²) in [5.41, 5.74) is 6.81. The molecule has 2 rings (SSSR count). The zero-order valence-corrected chi connectivity index (χ0v) is 16.0. The Morgan fingerprint density at radius 2 is 1.70 bits per heavy atom. The molecule has 0 aromatic heterocycles. The van der Waals surface area contributed by atoms with E-state index in [9.17, 15) is 9.59 Å². The summed E-state index contributed by atoms with van der Waals surface area (Å²) in [6.07, 6.45) is 0. The summed E-state index contributed by atoms with van der Waals surface area (Å²) in [5, 5.41) is 2.79. The summed E-state index contributed by atoms with van der Waals surface area (Å²) in [6, 6.07) is 14.5. The van der Waals surface area contributed by atoms with E-state index in [0.29, 0.717) is 24.5 Å². The van der Waals surface area contributed by atoms with Gasteiger partial charge in [0.25, 0.3) is 11.8 Å². The summed E-state index contributed by atoms with van der Waals surface area (Å²) in [6.45, 7) is 6.97. The fourth-order valence-corrected chi connectivity index (χ4v) is 2.37. The average Bonchev–Trinajstić information content (AvgIpc) is 2.63. The van der Waals surface area contributed by atoms with Crippen LogP contribution in [0.1, 0.15) is 36.7 Å². The van der Waals surface area contributed by atoms with E-state index in [2.05, 4.69) is 26.1 Å². The van der Waals surface area contributed by atoms with Crippen molar-refractivity contribution in [3.05, 3.63) is 59.7 Å². The number of nitrogens with two attached hydrogens (primary N) is 1. The smallest absolute Gasteiger partial charge is 0.255 e. The Bertz CT molecular complexity index is 780. The van der Waals surface area contributed by atoms with Gasteiger partial charge in [0.05, 0.1) is 6.54 Å². The van der Waals surface area contributed by atoms with E-state index in [1.54, 1.807) is 24.3 Å². The Labute approximate surface area is 159 Å². The summed E-state index contributed by atoms with van der Waals surface area (Å²) in [7, 11) is 0. The maximum atomic E-state index is 12.2. The molecule has 0 unspecified atom stereocenters. The predicted molar refractivity (Wildman–Crippen MR) is 104 cm³/mol. The highest BCUT2D eigenvalue weighted by Gasteiger charge is 2.13. The molecule has 0 atom stereocenters. The van der Waals surface area contributed by atoms with E-state index in [0.717, 1.165) is 5.75 Å². The topological polar surface area (TPSA) is 90.7 Å². The third-order valence-corrected chi connectivity index (χ3v) is 3.85. The Hall–Kier alpha value is -3.02.